The number of rotatable bonds is 8. The molecule has 2 aromatic rings. The smallest absolute Gasteiger partial charge is 0.284 e. The predicted octanol–water partition coefficient (Wildman–Crippen LogP) is 1.64. The Morgan fingerprint density at radius 1 is 1.40 bits per heavy atom. The van der Waals surface area contributed by atoms with E-state index < -0.39 is 4.92 Å². The molecule has 2 N–H and O–H groups in total. The van der Waals surface area contributed by atoms with E-state index in [2.05, 4.69) is 20.8 Å². The van der Waals surface area contributed by atoms with Gasteiger partial charge in [0.2, 0.25) is 0 Å². The molecule has 1 aromatic heterocycles. The van der Waals surface area contributed by atoms with E-state index in [1.807, 2.05) is 7.05 Å². The summed E-state index contributed by atoms with van der Waals surface area (Å²) < 4.78 is 1.66. The van der Waals surface area contributed by atoms with Gasteiger partial charge in [0.1, 0.15) is 6.33 Å². The number of amides is 1. The number of halogens is 1. The van der Waals surface area contributed by atoms with Gasteiger partial charge in [-0.05, 0) is 43.9 Å². The van der Waals surface area contributed by atoms with Crippen molar-refractivity contribution >= 4 is 35.8 Å². The number of carbonyl (C=O) groups excluding carboxylic acids is 1. The van der Waals surface area contributed by atoms with Crippen molar-refractivity contribution in [3.8, 4) is 0 Å². The standard InChI is InChI=1S/C14H18N6O3S.ClH/c1-15-6-3-7-16-13(21)10-4-5-12(11(8-10)20(22)23)24-14-18-17-9-19(14)2;/h4-5,8-9,15H,3,6-7H2,1-2H3,(H,16,21);1H. The number of hydrogen-bond donors (Lipinski definition) is 2. The molecule has 11 heteroatoms. The van der Waals surface area contributed by atoms with Crippen molar-refractivity contribution in [2.75, 3.05) is 20.1 Å². The number of nitrogens with one attached hydrogen (secondary N) is 2. The molecule has 1 heterocycles. The zero-order valence-electron chi connectivity index (χ0n) is 13.8. The van der Waals surface area contributed by atoms with Crippen molar-refractivity contribution < 1.29 is 9.72 Å². The van der Waals surface area contributed by atoms with Gasteiger partial charge in [0.05, 0.1) is 9.82 Å². The van der Waals surface area contributed by atoms with E-state index >= 15 is 0 Å². The average molecular weight is 387 g/mol. The van der Waals surface area contributed by atoms with Crippen LogP contribution < -0.4 is 10.6 Å². The molecular formula is C14H19ClN6O3S. The quantitative estimate of drug-likeness (QED) is 0.402. The van der Waals surface area contributed by atoms with Gasteiger partial charge in [-0.15, -0.1) is 22.6 Å². The first-order valence-electron chi connectivity index (χ1n) is 7.26. The molecule has 0 fully saturated rings. The van der Waals surface area contributed by atoms with Crippen molar-refractivity contribution in [1.29, 1.82) is 0 Å². The molecule has 0 aliphatic carbocycles. The van der Waals surface area contributed by atoms with Gasteiger partial charge in [-0.25, -0.2) is 0 Å². The molecule has 0 spiro atoms. The maximum atomic E-state index is 12.1. The normalized spacial score (nSPS) is 10.2. The Kier molecular flexibility index (Phi) is 8.32. The lowest BCUT2D eigenvalue weighted by molar-refractivity contribution is -0.387. The number of hydrogen-bond acceptors (Lipinski definition) is 7. The van der Waals surface area contributed by atoms with Crippen molar-refractivity contribution in [3.05, 3.63) is 40.2 Å². The Bertz CT molecular complexity index is 739. The fourth-order valence-corrected chi connectivity index (χ4v) is 2.77. The summed E-state index contributed by atoms with van der Waals surface area (Å²) in [5, 5.41) is 25.2. The van der Waals surface area contributed by atoms with Gasteiger partial charge in [0.25, 0.3) is 11.6 Å². The van der Waals surface area contributed by atoms with Gasteiger partial charge in [-0.1, -0.05) is 0 Å². The van der Waals surface area contributed by atoms with Gasteiger partial charge in [0, 0.05) is 25.2 Å². The third-order valence-electron chi connectivity index (χ3n) is 3.18. The van der Waals surface area contributed by atoms with E-state index in [-0.39, 0.29) is 29.6 Å². The van der Waals surface area contributed by atoms with Crippen LogP contribution >= 0.6 is 24.2 Å². The maximum absolute atomic E-state index is 12.1. The number of benzene rings is 1. The van der Waals surface area contributed by atoms with Gasteiger partial charge in [-0.3, -0.25) is 14.9 Å². The van der Waals surface area contributed by atoms with E-state index in [9.17, 15) is 14.9 Å². The highest BCUT2D eigenvalue weighted by molar-refractivity contribution is 7.99. The van der Waals surface area contributed by atoms with Crippen LogP contribution in [0, 0.1) is 10.1 Å². The lowest BCUT2D eigenvalue weighted by Crippen LogP contribution is -2.26. The van der Waals surface area contributed by atoms with Crippen LogP contribution in [0.15, 0.2) is 34.6 Å². The second-order valence-corrected chi connectivity index (χ2v) is 5.99. The second-order valence-electron chi connectivity index (χ2n) is 4.98. The van der Waals surface area contributed by atoms with E-state index in [1.54, 1.807) is 23.7 Å². The van der Waals surface area contributed by atoms with Crippen LogP contribution in [0.3, 0.4) is 0 Å². The largest absolute Gasteiger partial charge is 0.352 e. The fraction of sp³-hybridized carbons (Fsp3) is 0.357. The van der Waals surface area contributed by atoms with Crippen molar-refractivity contribution in [1.82, 2.24) is 25.4 Å². The van der Waals surface area contributed by atoms with Gasteiger partial charge < -0.3 is 15.2 Å². The summed E-state index contributed by atoms with van der Waals surface area (Å²) in [7, 11) is 3.58. The summed E-state index contributed by atoms with van der Waals surface area (Å²) in [4.78, 5) is 23.3. The number of aryl methyl sites for hydroxylation is 1. The van der Waals surface area contributed by atoms with E-state index in [1.165, 1.54) is 12.4 Å². The van der Waals surface area contributed by atoms with Crippen LogP contribution in [-0.4, -0.2) is 45.7 Å². The topological polar surface area (TPSA) is 115 Å². The zero-order valence-corrected chi connectivity index (χ0v) is 15.4. The van der Waals surface area contributed by atoms with Crippen molar-refractivity contribution in [3.63, 3.8) is 0 Å². The first-order valence-corrected chi connectivity index (χ1v) is 8.07. The molecular weight excluding hydrogens is 368 g/mol. The van der Waals surface area contributed by atoms with E-state index in [4.69, 9.17) is 0 Å². The van der Waals surface area contributed by atoms with Crippen molar-refractivity contribution in [2.45, 2.75) is 16.5 Å². The van der Waals surface area contributed by atoms with E-state index in [0.717, 1.165) is 24.7 Å². The maximum Gasteiger partial charge on any atom is 0.284 e. The molecule has 25 heavy (non-hydrogen) atoms. The minimum Gasteiger partial charge on any atom is -0.352 e. The highest BCUT2D eigenvalue weighted by Crippen LogP contribution is 2.34. The molecule has 1 amide bonds. The van der Waals surface area contributed by atoms with Gasteiger partial charge >= 0.3 is 0 Å². The summed E-state index contributed by atoms with van der Waals surface area (Å²) in [6, 6.07) is 4.41. The first kappa shape index (κ1) is 20.9. The molecule has 0 saturated heterocycles. The third-order valence-corrected chi connectivity index (χ3v) is 4.30. The lowest BCUT2D eigenvalue weighted by atomic mass is 10.2. The summed E-state index contributed by atoms with van der Waals surface area (Å²) in [6.07, 6.45) is 2.30. The lowest BCUT2D eigenvalue weighted by Gasteiger charge is -2.07. The monoisotopic (exact) mass is 386 g/mol. The Balaban J connectivity index is 0.00000312. The van der Waals surface area contributed by atoms with Crippen LogP contribution in [0.1, 0.15) is 16.8 Å². The molecule has 0 bridgehead atoms. The van der Waals surface area contributed by atoms with E-state index in [0.29, 0.717) is 16.6 Å². The number of aromatic nitrogens is 3. The fourth-order valence-electron chi connectivity index (χ4n) is 1.92. The Labute approximate surface area is 155 Å². The molecule has 0 atom stereocenters. The molecule has 0 saturated carbocycles. The summed E-state index contributed by atoms with van der Waals surface area (Å²) in [6.45, 7) is 1.29. The average Bonchev–Trinajstić information content (AvgIpc) is 2.96. The molecule has 0 aliphatic heterocycles. The summed E-state index contributed by atoms with van der Waals surface area (Å²) in [5.74, 6) is -0.329. The minimum absolute atomic E-state index is 0. The zero-order chi connectivity index (χ0) is 17.5. The molecule has 9 nitrogen and oxygen atoms in total. The highest BCUT2D eigenvalue weighted by atomic mass is 35.5. The molecule has 0 aliphatic rings. The number of nitro benzene ring substituents is 1. The highest BCUT2D eigenvalue weighted by Gasteiger charge is 2.19. The van der Waals surface area contributed by atoms with Crippen LogP contribution in [0.5, 0.6) is 0 Å². The predicted molar refractivity (Wildman–Crippen MR) is 96.3 cm³/mol. The molecule has 0 radical (unpaired) electrons. The van der Waals surface area contributed by atoms with Crippen LogP contribution in [0.4, 0.5) is 5.69 Å². The molecule has 0 unspecified atom stereocenters. The molecule has 2 rings (SSSR count). The first-order chi connectivity index (χ1) is 11.5. The number of nitro groups is 1. The molecule has 1 aromatic carbocycles. The van der Waals surface area contributed by atoms with Gasteiger partial charge in [-0.2, -0.15) is 0 Å². The number of nitrogens with zero attached hydrogens (tertiary/aromatic N) is 4. The SMILES string of the molecule is CNCCCNC(=O)c1ccc(Sc2nncn2C)c([N+](=O)[O-])c1.Cl. The Hall–Kier alpha value is -2.17. The third kappa shape index (κ3) is 5.69. The molecule has 136 valence electrons. The van der Waals surface area contributed by atoms with Crippen molar-refractivity contribution in [2.24, 2.45) is 7.05 Å². The van der Waals surface area contributed by atoms with Crippen LogP contribution in [0.25, 0.3) is 0 Å². The van der Waals surface area contributed by atoms with Gasteiger partial charge in [0.15, 0.2) is 5.16 Å². The second kappa shape index (κ2) is 9.97. The number of carbonyl (C=O) groups is 1. The summed E-state index contributed by atoms with van der Waals surface area (Å²) in [5.41, 5.74) is 0.124. The minimum atomic E-state index is -0.503. The van der Waals surface area contributed by atoms with Crippen LogP contribution in [0.2, 0.25) is 0 Å². The Morgan fingerprint density at radius 2 is 2.16 bits per heavy atom. The van der Waals surface area contributed by atoms with Crippen LogP contribution in [-0.2, 0) is 7.05 Å². The Morgan fingerprint density at radius 3 is 2.76 bits per heavy atom. The summed E-state index contributed by atoms with van der Waals surface area (Å²) >= 11 is 1.13.